The number of nitrogens with two attached hydrogens (primary N) is 1. The second-order valence-corrected chi connectivity index (χ2v) is 10.9. The van der Waals surface area contributed by atoms with Gasteiger partial charge < -0.3 is 11.1 Å². The second kappa shape index (κ2) is 8.28. The monoisotopic (exact) mass is 492 g/mol. The van der Waals surface area contributed by atoms with Crippen LogP contribution in [0.3, 0.4) is 0 Å². The zero-order valence-electron chi connectivity index (χ0n) is 20.4. The average Bonchev–Trinajstić information content (AvgIpc) is 3.44. The Bertz CT molecular complexity index is 1450. The summed E-state index contributed by atoms with van der Waals surface area (Å²) in [6, 6.07) is 1.94. The van der Waals surface area contributed by atoms with Crippen molar-refractivity contribution >= 4 is 28.0 Å². The van der Waals surface area contributed by atoms with Gasteiger partial charge in [0.25, 0.3) is 11.8 Å². The van der Waals surface area contributed by atoms with Crippen molar-refractivity contribution in [1.82, 2.24) is 34.6 Å². The Balaban J connectivity index is 1.54. The SMILES string of the molecule is Cc1ncc(C(=O)NC2CN(C(C)(C)C)C2)cc1-c1c(-c2cnn(C)c2)sc2c(C(N)=O)cnn12. The normalized spacial score (nSPS) is 14.9. The van der Waals surface area contributed by atoms with Crippen LogP contribution in [-0.4, -0.2) is 65.8 Å². The predicted molar refractivity (Wildman–Crippen MR) is 134 cm³/mol. The molecule has 1 fully saturated rings. The van der Waals surface area contributed by atoms with Crippen LogP contribution in [0.15, 0.2) is 30.9 Å². The molecule has 0 spiro atoms. The largest absolute Gasteiger partial charge is 0.365 e. The number of aryl methyl sites for hydroxylation is 2. The van der Waals surface area contributed by atoms with E-state index in [1.807, 2.05) is 26.2 Å². The Morgan fingerprint density at radius 2 is 1.91 bits per heavy atom. The minimum atomic E-state index is -0.543. The van der Waals surface area contributed by atoms with Crippen molar-refractivity contribution in [2.75, 3.05) is 13.1 Å². The molecule has 0 radical (unpaired) electrons. The molecule has 0 aromatic carbocycles. The molecule has 3 N–H and O–H groups in total. The summed E-state index contributed by atoms with van der Waals surface area (Å²) in [4.78, 5) is 33.4. The molecule has 0 bridgehead atoms. The van der Waals surface area contributed by atoms with Crippen LogP contribution in [0.4, 0.5) is 0 Å². The van der Waals surface area contributed by atoms with E-state index < -0.39 is 5.91 Å². The maximum atomic E-state index is 13.1. The van der Waals surface area contributed by atoms with Gasteiger partial charge in [0.2, 0.25) is 0 Å². The lowest BCUT2D eigenvalue weighted by atomic mass is 9.97. The number of primary amides is 1. The third-order valence-electron chi connectivity index (χ3n) is 6.35. The molecule has 1 aliphatic rings. The highest BCUT2D eigenvalue weighted by Gasteiger charge is 2.35. The molecule has 1 saturated heterocycles. The number of nitrogens with one attached hydrogen (secondary N) is 1. The molecular formula is C24H28N8O2S. The summed E-state index contributed by atoms with van der Waals surface area (Å²) < 4.78 is 3.41. The van der Waals surface area contributed by atoms with Crippen LogP contribution >= 0.6 is 11.3 Å². The summed E-state index contributed by atoms with van der Waals surface area (Å²) in [5.41, 5.74) is 9.61. The fourth-order valence-electron chi connectivity index (χ4n) is 4.26. The van der Waals surface area contributed by atoms with Crippen LogP contribution < -0.4 is 11.1 Å². The van der Waals surface area contributed by atoms with E-state index >= 15 is 0 Å². The van der Waals surface area contributed by atoms with Gasteiger partial charge >= 0.3 is 0 Å². The van der Waals surface area contributed by atoms with Gasteiger partial charge in [-0.2, -0.15) is 10.2 Å². The highest BCUT2D eigenvalue weighted by atomic mass is 32.1. The first kappa shape index (κ1) is 23.2. The average molecular weight is 493 g/mol. The molecule has 4 aromatic rings. The van der Waals surface area contributed by atoms with E-state index in [1.165, 1.54) is 17.5 Å². The first-order chi connectivity index (χ1) is 16.5. The maximum Gasteiger partial charge on any atom is 0.253 e. The topological polar surface area (TPSA) is 123 Å². The van der Waals surface area contributed by atoms with Gasteiger partial charge in [-0.3, -0.25) is 24.2 Å². The maximum absolute atomic E-state index is 13.1. The fraction of sp³-hybridized carbons (Fsp3) is 0.375. The Labute approximate surface area is 206 Å². The van der Waals surface area contributed by atoms with Gasteiger partial charge in [-0.1, -0.05) is 0 Å². The number of amides is 2. The molecule has 2 amide bonds. The predicted octanol–water partition coefficient (Wildman–Crippen LogP) is 2.48. The third kappa shape index (κ3) is 4.10. The number of carbonyl (C=O) groups is 2. The van der Waals surface area contributed by atoms with E-state index in [-0.39, 0.29) is 17.5 Å². The van der Waals surface area contributed by atoms with Crippen molar-refractivity contribution in [3.63, 3.8) is 0 Å². The lowest BCUT2D eigenvalue weighted by Crippen LogP contribution is -2.64. The highest BCUT2D eigenvalue weighted by molar-refractivity contribution is 7.21. The van der Waals surface area contributed by atoms with Crippen LogP contribution in [0.1, 0.15) is 47.2 Å². The first-order valence-electron chi connectivity index (χ1n) is 11.3. The Morgan fingerprint density at radius 3 is 2.54 bits per heavy atom. The summed E-state index contributed by atoms with van der Waals surface area (Å²) >= 11 is 1.41. The molecule has 4 aromatic heterocycles. The van der Waals surface area contributed by atoms with Gasteiger partial charge in [0.1, 0.15) is 4.83 Å². The van der Waals surface area contributed by atoms with E-state index in [1.54, 1.807) is 21.6 Å². The first-order valence-corrected chi connectivity index (χ1v) is 12.2. The summed E-state index contributed by atoms with van der Waals surface area (Å²) in [6.07, 6.45) is 6.73. The number of aromatic nitrogens is 5. The molecule has 0 atom stereocenters. The number of hydrogen-bond acceptors (Lipinski definition) is 7. The van der Waals surface area contributed by atoms with Crippen LogP contribution in [-0.2, 0) is 7.05 Å². The molecule has 182 valence electrons. The van der Waals surface area contributed by atoms with Gasteiger partial charge in [0.05, 0.1) is 40.1 Å². The van der Waals surface area contributed by atoms with E-state index in [0.29, 0.717) is 16.0 Å². The number of thiazole rings is 1. The van der Waals surface area contributed by atoms with Gasteiger partial charge in [-0.15, -0.1) is 11.3 Å². The smallest absolute Gasteiger partial charge is 0.253 e. The molecule has 0 aliphatic carbocycles. The van der Waals surface area contributed by atoms with E-state index in [9.17, 15) is 9.59 Å². The summed E-state index contributed by atoms with van der Waals surface area (Å²) in [7, 11) is 1.84. The number of rotatable bonds is 5. The Morgan fingerprint density at radius 1 is 1.17 bits per heavy atom. The third-order valence-corrected chi connectivity index (χ3v) is 7.57. The fourth-order valence-corrected chi connectivity index (χ4v) is 5.46. The molecule has 0 unspecified atom stereocenters. The van der Waals surface area contributed by atoms with Crippen molar-refractivity contribution in [3.8, 4) is 21.7 Å². The lowest BCUT2D eigenvalue weighted by molar-refractivity contribution is 0.0331. The Hall–Kier alpha value is -3.57. The van der Waals surface area contributed by atoms with Crippen molar-refractivity contribution in [2.45, 2.75) is 39.3 Å². The highest BCUT2D eigenvalue weighted by Crippen LogP contribution is 2.41. The minimum absolute atomic E-state index is 0.0837. The van der Waals surface area contributed by atoms with Crippen molar-refractivity contribution in [2.24, 2.45) is 12.8 Å². The molecule has 5 heterocycles. The standard InChI is InChI=1S/C24H28N8O2S/c1-13-17(6-14(7-26-13)22(34)29-16-11-31(12-16)24(2,3)4)19-20(15-8-27-30(5)10-15)35-23-18(21(25)33)9-28-32(19)23/h6-10,16H,11-12H2,1-5H3,(H2,25,33)(H,29,34). The lowest BCUT2D eigenvalue weighted by Gasteiger charge is -2.47. The van der Waals surface area contributed by atoms with Crippen molar-refractivity contribution in [1.29, 1.82) is 0 Å². The summed E-state index contributed by atoms with van der Waals surface area (Å²) in [5, 5.41) is 11.9. The van der Waals surface area contributed by atoms with Gasteiger partial charge in [-0.05, 0) is 33.8 Å². The van der Waals surface area contributed by atoms with Gasteiger partial charge in [-0.25, -0.2) is 4.52 Å². The van der Waals surface area contributed by atoms with Gasteiger partial charge in [0.15, 0.2) is 0 Å². The molecule has 11 heteroatoms. The minimum Gasteiger partial charge on any atom is -0.365 e. The molecule has 0 saturated carbocycles. The molecule has 5 rings (SSSR count). The number of fused-ring (bicyclic) bond motifs is 1. The van der Waals surface area contributed by atoms with Crippen molar-refractivity contribution < 1.29 is 9.59 Å². The second-order valence-electron chi connectivity index (χ2n) is 9.93. The Kier molecular flexibility index (Phi) is 5.48. The van der Waals surface area contributed by atoms with Crippen LogP contribution in [0.2, 0.25) is 0 Å². The van der Waals surface area contributed by atoms with Crippen molar-refractivity contribution in [3.05, 3.63) is 47.7 Å². The van der Waals surface area contributed by atoms with E-state index in [2.05, 4.69) is 46.2 Å². The van der Waals surface area contributed by atoms with E-state index in [0.717, 1.165) is 40.5 Å². The molecular weight excluding hydrogens is 464 g/mol. The van der Waals surface area contributed by atoms with Crippen LogP contribution in [0.5, 0.6) is 0 Å². The van der Waals surface area contributed by atoms with Gasteiger partial charge in [0, 0.05) is 54.9 Å². The number of pyridine rings is 1. The van der Waals surface area contributed by atoms with E-state index in [4.69, 9.17) is 5.73 Å². The zero-order chi connectivity index (χ0) is 25.1. The zero-order valence-corrected chi connectivity index (χ0v) is 21.2. The summed E-state index contributed by atoms with van der Waals surface area (Å²) in [6.45, 7) is 10.0. The number of carbonyl (C=O) groups excluding carboxylic acids is 2. The number of nitrogens with zero attached hydrogens (tertiary/aromatic N) is 6. The quantitative estimate of drug-likeness (QED) is 0.441. The number of hydrogen-bond donors (Lipinski definition) is 2. The molecule has 10 nitrogen and oxygen atoms in total. The van der Waals surface area contributed by atoms with Crippen LogP contribution in [0, 0.1) is 6.92 Å². The molecule has 35 heavy (non-hydrogen) atoms. The molecule has 1 aliphatic heterocycles. The number of likely N-dealkylation sites (tertiary alicyclic amines) is 1. The van der Waals surface area contributed by atoms with Crippen LogP contribution in [0.25, 0.3) is 26.5 Å². The summed E-state index contributed by atoms with van der Waals surface area (Å²) in [5.74, 6) is -0.705.